The van der Waals surface area contributed by atoms with Crippen LogP contribution in [-0.2, 0) is 6.42 Å². The standard InChI is InChI=1S/C17H29N3/c1-3-17(2,20-12-8-5-9-13-20)16(19-18)14-15-10-6-4-7-11-15/h4,6-7,10-11,16,19H,3,5,8-9,12-14,18H2,1-2H3. The summed E-state index contributed by atoms with van der Waals surface area (Å²) in [5.74, 6) is 5.91. The summed E-state index contributed by atoms with van der Waals surface area (Å²) in [4.78, 5) is 2.64. The van der Waals surface area contributed by atoms with Crippen LogP contribution in [-0.4, -0.2) is 29.6 Å². The molecule has 0 aliphatic carbocycles. The van der Waals surface area contributed by atoms with E-state index >= 15 is 0 Å². The van der Waals surface area contributed by atoms with Gasteiger partial charge in [-0.25, -0.2) is 0 Å². The number of benzene rings is 1. The van der Waals surface area contributed by atoms with Crippen LogP contribution in [0.1, 0.15) is 45.1 Å². The zero-order valence-corrected chi connectivity index (χ0v) is 12.9. The minimum absolute atomic E-state index is 0.130. The Morgan fingerprint density at radius 3 is 2.40 bits per heavy atom. The second-order valence-corrected chi connectivity index (χ2v) is 6.17. The van der Waals surface area contributed by atoms with Gasteiger partial charge >= 0.3 is 0 Å². The molecule has 2 rings (SSSR count). The molecular formula is C17H29N3. The Labute approximate surface area is 123 Å². The second-order valence-electron chi connectivity index (χ2n) is 6.17. The highest BCUT2D eigenvalue weighted by Crippen LogP contribution is 2.29. The van der Waals surface area contributed by atoms with Crippen molar-refractivity contribution in [2.24, 2.45) is 5.84 Å². The molecule has 112 valence electrons. The van der Waals surface area contributed by atoms with Gasteiger partial charge in [0.2, 0.25) is 0 Å². The lowest BCUT2D eigenvalue weighted by Crippen LogP contribution is -2.62. The molecule has 1 fully saturated rings. The summed E-state index contributed by atoms with van der Waals surface area (Å²) < 4.78 is 0. The summed E-state index contributed by atoms with van der Waals surface area (Å²) >= 11 is 0. The van der Waals surface area contributed by atoms with Gasteiger partial charge in [-0.15, -0.1) is 0 Å². The van der Waals surface area contributed by atoms with E-state index in [-0.39, 0.29) is 11.6 Å². The highest BCUT2D eigenvalue weighted by atomic mass is 15.3. The number of hydrogen-bond acceptors (Lipinski definition) is 3. The summed E-state index contributed by atoms with van der Waals surface area (Å²) in [6.07, 6.45) is 6.11. The lowest BCUT2D eigenvalue weighted by Gasteiger charge is -2.48. The first-order valence-corrected chi connectivity index (χ1v) is 7.96. The fourth-order valence-electron chi connectivity index (χ4n) is 3.40. The first kappa shape index (κ1) is 15.5. The van der Waals surface area contributed by atoms with Gasteiger partial charge in [0, 0.05) is 11.6 Å². The highest BCUT2D eigenvalue weighted by Gasteiger charge is 2.38. The van der Waals surface area contributed by atoms with Crippen molar-refractivity contribution in [3.05, 3.63) is 35.9 Å². The highest BCUT2D eigenvalue weighted by molar-refractivity contribution is 5.17. The van der Waals surface area contributed by atoms with Crippen LogP contribution in [0.15, 0.2) is 30.3 Å². The van der Waals surface area contributed by atoms with E-state index in [1.165, 1.54) is 37.9 Å². The van der Waals surface area contributed by atoms with Gasteiger partial charge in [-0.2, -0.15) is 0 Å². The van der Waals surface area contributed by atoms with Crippen molar-refractivity contribution in [3.8, 4) is 0 Å². The Kier molecular flexibility index (Phi) is 5.58. The van der Waals surface area contributed by atoms with Crippen molar-refractivity contribution in [1.82, 2.24) is 10.3 Å². The fourth-order valence-corrected chi connectivity index (χ4v) is 3.40. The molecule has 2 unspecified atom stereocenters. The second kappa shape index (κ2) is 7.21. The third-order valence-corrected chi connectivity index (χ3v) is 5.03. The minimum Gasteiger partial charge on any atom is -0.296 e. The molecule has 2 atom stereocenters. The van der Waals surface area contributed by atoms with E-state index < -0.39 is 0 Å². The molecule has 0 bridgehead atoms. The van der Waals surface area contributed by atoms with E-state index in [2.05, 4.69) is 54.5 Å². The first-order chi connectivity index (χ1) is 9.70. The van der Waals surface area contributed by atoms with Gasteiger partial charge in [-0.3, -0.25) is 16.2 Å². The maximum absolute atomic E-state index is 5.91. The monoisotopic (exact) mass is 275 g/mol. The predicted octanol–water partition coefficient (Wildman–Crippen LogP) is 2.72. The van der Waals surface area contributed by atoms with Gasteiger partial charge in [0.05, 0.1) is 0 Å². The van der Waals surface area contributed by atoms with E-state index in [9.17, 15) is 0 Å². The zero-order chi connectivity index (χ0) is 14.4. The van der Waals surface area contributed by atoms with Gasteiger partial charge in [-0.05, 0) is 51.3 Å². The van der Waals surface area contributed by atoms with Crippen molar-refractivity contribution in [3.63, 3.8) is 0 Å². The number of likely N-dealkylation sites (tertiary alicyclic amines) is 1. The lowest BCUT2D eigenvalue weighted by atomic mass is 9.82. The molecule has 3 nitrogen and oxygen atoms in total. The average Bonchev–Trinajstić information content (AvgIpc) is 2.53. The van der Waals surface area contributed by atoms with Crippen molar-refractivity contribution >= 4 is 0 Å². The summed E-state index contributed by atoms with van der Waals surface area (Å²) in [7, 11) is 0. The Bertz CT molecular complexity index is 386. The number of nitrogens with zero attached hydrogens (tertiary/aromatic N) is 1. The van der Waals surface area contributed by atoms with Crippen molar-refractivity contribution in [2.75, 3.05) is 13.1 Å². The third kappa shape index (κ3) is 3.40. The SMILES string of the molecule is CCC(C)(C(Cc1ccccc1)NN)N1CCCCC1. The van der Waals surface area contributed by atoms with Crippen LogP contribution in [0.3, 0.4) is 0 Å². The summed E-state index contributed by atoms with van der Waals surface area (Å²) in [5, 5.41) is 0. The maximum atomic E-state index is 5.91. The summed E-state index contributed by atoms with van der Waals surface area (Å²) in [6.45, 7) is 7.06. The molecule has 1 aromatic rings. The summed E-state index contributed by atoms with van der Waals surface area (Å²) in [6, 6.07) is 10.9. The number of hydrazine groups is 1. The van der Waals surface area contributed by atoms with Gasteiger partial charge in [-0.1, -0.05) is 43.7 Å². The van der Waals surface area contributed by atoms with Gasteiger partial charge in [0.25, 0.3) is 0 Å². The molecule has 0 aromatic heterocycles. The van der Waals surface area contributed by atoms with Crippen LogP contribution in [0.2, 0.25) is 0 Å². The number of nitrogens with two attached hydrogens (primary N) is 1. The van der Waals surface area contributed by atoms with Gasteiger partial charge in [0.1, 0.15) is 0 Å². The minimum atomic E-state index is 0.130. The van der Waals surface area contributed by atoms with Crippen LogP contribution in [0.4, 0.5) is 0 Å². The molecule has 0 radical (unpaired) electrons. The Morgan fingerprint density at radius 2 is 1.85 bits per heavy atom. The zero-order valence-electron chi connectivity index (χ0n) is 12.9. The Balaban J connectivity index is 2.13. The van der Waals surface area contributed by atoms with Crippen LogP contribution in [0.5, 0.6) is 0 Å². The molecule has 0 saturated carbocycles. The van der Waals surface area contributed by atoms with Gasteiger partial charge < -0.3 is 0 Å². The number of piperidine rings is 1. The van der Waals surface area contributed by atoms with Crippen molar-refractivity contribution in [1.29, 1.82) is 0 Å². The number of rotatable bonds is 6. The van der Waals surface area contributed by atoms with E-state index in [0.717, 1.165) is 12.8 Å². The molecule has 3 heteroatoms. The quantitative estimate of drug-likeness (QED) is 0.619. The van der Waals surface area contributed by atoms with E-state index in [4.69, 9.17) is 5.84 Å². The van der Waals surface area contributed by atoms with Crippen LogP contribution in [0.25, 0.3) is 0 Å². The van der Waals surface area contributed by atoms with Crippen LogP contribution < -0.4 is 11.3 Å². The predicted molar refractivity (Wildman–Crippen MR) is 85.4 cm³/mol. The van der Waals surface area contributed by atoms with Crippen LogP contribution in [0, 0.1) is 0 Å². The lowest BCUT2D eigenvalue weighted by molar-refractivity contribution is 0.0429. The van der Waals surface area contributed by atoms with E-state index in [0.29, 0.717) is 0 Å². The normalized spacial score (nSPS) is 21.4. The molecule has 1 saturated heterocycles. The molecule has 1 aliphatic rings. The smallest absolute Gasteiger partial charge is 0.0432 e. The van der Waals surface area contributed by atoms with Crippen LogP contribution >= 0.6 is 0 Å². The molecule has 0 spiro atoms. The van der Waals surface area contributed by atoms with E-state index in [1.54, 1.807) is 0 Å². The largest absolute Gasteiger partial charge is 0.296 e. The molecule has 3 N–H and O–H groups in total. The van der Waals surface area contributed by atoms with Crippen molar-refractivity contribution < 1.29 is 0 Å². The molecule has 0 amide bonds. The third-order valence-electron chi connectivity index (χ3n) is 5.03. The first-order valence-electron chi connectivity index (χ1n) is 7.96. The number of hydrogen-bond donors (Lipinski definition) is 2. The average molecular weight is 275 g/mol. The molecule has 1 aromatic carbocycles. The maximum Gasteiger partial charge on any atom is 0.0432 e. The summed E-state index contributed by atoms with van der Waals surface area (Å²) in [5.41, 5.74) is 4.58. The van der Waals surface area contributed by atoms with E-state index in [1.807, 2.05) is 0 Å². The molecule has 1 heterocycles. The molecule has 1 aliphatic heterocycles. The Morgan fingerprint density at radius 1 is 1.20 bits per heavy atom. The fraction of sp³-hybridized carbons (Fsp3) is 0.647. The van der Waals surface area contributed by atoms with Gasteiger partial charge in [0.15, 0.2) is 0 Å². The molecular weight excluding hydrogens is 246 g/mol. The number of nitrogens with one attached hydrogen (secondary N) is 1. The van der Waals surface area contributed by atoms with Crippen molar-refractivity contribution in [2.45, 2.75) is 57.5 Å². The Hall–Kier alpha value is -0.900. The molecule has 20 heavy (non-hydrogen) atoms. The topological polar surface area (TPSA) is 41.3 Å².